The van der Waals surface area contributed by atoms with Gasteiger partial charge in [-0.1, -0.05) is 13.8 Å². The van der Waals surface area contributed by atoms with Gasteiger partial charge in [0.1, 0.15) is 6.04 Å². The molecule has 0 amide bonds. The number of aliphatic carboxylic acids is 1. The molecule has 0 saturated carbocycles. The Balaban J connectivity index is 2.70. The molecule has 0 saturated heterocycles. The zero-order valence-electron chi connectivity index (χ0n) is 9.28. The van der Waals surface area contributed by atoms with Crippen molar-refractivity contribution in [1.29, 1.82) is 0 Å². The smallest absolute Gasteiger partial charge is 0.326 e. The molecule has 1 aromatic heterocycles. The van der Waals surface area contributed by atoms with E-state index in [2.05, 4.69) is 19.2 Å². The van der Waals surface area contributed by atoms with Gasteiger partial charge >= 0.3 is 5.97 Å². The van der Waals surface area contributed by atoms with Gasteiger partial charge in [-0.25, -0.2) is 0 Å². The first-order chi connectivity index (χ1) is 7.00. The molecule has 2 N–H and O–H groups in total. The number of carbonyl (C=O) groups is 1. The summed E-state index contributed by atoms with van der Waals surface area (Å²) in [6.07, 6.45) is 0. The monoisotopic (exact) mass is 227 g/mol. The summed E-state index contributed by atoms with van der Waals surface area (Å²) in [4.78, 5) is 13.1. The third kappa shape index (κ3) is 3.64. The summed E-state index contributed by atoms with van der Waals surface area (Å²) in [6.45, 7) is 6.82. The molecule has 4 heteroatoms. The molecule has 1 unspecified atom stereocenters. The van der Waals surface area contributed by atoms with Crippen molar-refractivity contribution in [3.63, 3.8) is 0 Å². The Kier molecular flexibility index (Phi) is 4.29. The first kappa shape index (κ1) is 12.2. The standard InChI is InChI=1S/C11H17NO2S/c1-7(2)6-12-10(11(13)14)9-5-4-8(3)15-9/h4-5,7,10,12H,6H2,1-3H3,(H,13,14). The van der Waals surface area contributed by atoms with Crippen LogP contribution in [-0.2, 0) is 4.79 Å². The van der Waals surface area contributed by atoms with Crippen molar-refractivity contribution >= 4 is 17.3 Å². The minimum Gasteiger partial charge on any atom is -0.480 e. The van der Waals surface area contributed by atoms with Gasteiger partial charge in [-0.15, -0.1) is 11.3 Å². The summed E-state index contributed by atoms with van der Waals surface area (Å²) in [5, 5.41) is 12.2. The van der Waals surface area contributed by atoms with Gasteiger partial charge in [0.25, 0.3) is 0 Å². The molecule has 1 atom stereocenters. The van der Waals surface area contributed by atoms with E-state index in [-0.39, 0.29) is 0 Å². The minimum absolute atomic E-state index is 0.452. The van der Waals surface area contributed by atoms with Crippen molar-refractivity contribution in [2.45, 2.75) is 26.8 Å². The second-order valence-corrected chi connectivity index (χ2v) is 5.34. The molecule has 1 heterocycles. The molecule has 1 rings (SSSR count). The Morgan fingerprint density at radius 2 is 2.20 bits per heavy atom. The summed E-state index contributed by atoms with van der Waals surface area (Å²) in [6, 6.07) is 3.27. The van der Waals surface area contributed by atoms with Gasteiger partial charge in [0, 0.05) is 9.75 Å². The van der Waals surface area contributed by atoms with E-state index < -0.39 is 12.0 Å². The number of hydrogen-bond donors (Lipinski definition) is 2. The van der Waals surface area contributed by atoms with Crippen LogP contribution < -0.4 is 5.32 Å². The maximum absolute atomic E-state index is 11.1. The van der Waals surface area contributed by atoms with Gasteiger partial charge in [0.15, 0.2) is 0 Å². The molecule has 0 spiro atoms. The number of rotatable bonds is 5. The Morgan fingerprint density at radius 3 is 2.60 bits per heavy atom. The molecule has 0 aromatic carbocycles. The maximum atomic E-state index is 11.1. The van der Waals surface area contributed by atoms with Crippen LogP contribution in [0.25, 0.3) is 0 Å². The third-order valence-electron chi connectivity index (χ3n) is 2.02. The van der Waals surface area contributed by atoms with Gasteiger partial charge in [-0.05, 0) is 31.5 Å². The molecule has 0 aliphatic rings. The fourth-order valence-electron chi connectivity index (χ4n) is 1.27. The minimum atomic E-state index is -0.808. The lowest BCUT2D eigenvalue weighted by molar-refractivity contribution is -0.139. The topological polar surface area (TPSA) is 49.3 Å². The largest absolute Gasteiger partial charge is 0.480 e. The molecule has 0 fully saturated rings. The van der Waals surface area contributed by atoms with Crippen molar-refractivity contribution in [3.05, 3.63) is 21.9 Å². The van der Waals surface area contributed by atoms with Gasteiger partial charge in [0.2, 0.25) is 0 Å². The molecule has 1 aromatic rings. The van der Waals surface area contributed by atoms with E-state index in [9.17, 15) is 4.79 Å². The molecule has 0 aliphatic heterocycles. The van der Waals surface area contributed by atoms with Crippen LogP contribution in [0.3, 0.4) is 0 Å². The molecule has 84 valence electrons. The molecule has 3 nitrogen and oxygen atoms in total. The predicted octanol–water partition coefficient (Wildman–Crippen LogP) is 2.43. The van der Waals surface area contributed by atoms with Gasteiger partial charge < -0.3 is 5.11 Å². The normalized spacial score (nSPS) is 13.1. The van der Waals surface area contributed by atoms with Crippen molar-refractivity contribution in [1.82, 2.24) is 5.32 Å². The zero-order chi connectivity index (χ0) is 11.4. The lowest BCUT2D eigenvalue weighted by Gasteiger charge is -2.14. The second-order valence-electron chi connectivity index (χ2n) is 4.02. The average molecular weight is 227 g/mol. The fraction of sp³-hybridized carbons (Fsp3) is 0.545. The third-order valence-corrected chi connectivity index (χ3v) is 3.09. The van der Waals surface area contributed by atoms with Crippen LogP contribution in [0.4, 0.5) is 0 Å². The maximum Gasteiger partial charge on any atom is 0.326 e. The summed E-state index contributed by atoms with van der Waals surface area (Å²) < 4.78 is 0. The molecule has 15 heavy (non-hydrogen) atoms. The fourth-order valence-corrected chi connectivity index (χ4v) is 2.22. The van der Waals surface area contributed by atoms with E-state index in [1.807, 2.05) is 19.1 Å². The van der Waals surface area contributed by atoms with Crippen LogP contribution in [0.2, 0.25) is 0 Å². The van der Waals surface area contributed by atoms with Crippen molar-refractivity contribution in [2.75, 3.05) is 6.54 Å². The highest BCUT2D eigenvalue weighted by Gasteiger charge is 2.20. The number of thiophene rings is 1. The lowest BCUT2D eigenvalue weighted by atomic mass is 10.2. The van der Waals surface area contributed by atoms with E-state index in [1.54, 1.807) is 0 Å². The number of carboxylic acid groups (broad SMARTS) is 1. The quantitative estimate of drug-likeness (QED) is 0.812. The molecule has 0 aliphatic carbocycles. The van der Waals surface area contributed by atoms with Gasteiger partial charge in [-0.2, -0.15) is 0 Å². The van der Waals surface area contributed by atoms with Crippen molar-refractivity contribution < 1.29 is 9.90 Å². The molecular weight excluding hydrogens is 210 g/mol. The average Bonchev–Trinajstić information content (AvgIpc) is 2.51. The van der Waals surface area contributed by atoms with Crippen LogP contribution in [0.15, 0.2) is 12.1 Å². The van der Waals surface area contributed by atoms with Crippen LogP contribution in [0.5, 0.6) is 0 Å². The predicted molar refractivity (Wildman–Crippen MR) is 62.3 cm³/mol. The van der Waals surface area contributed by atoms with Crippen molar-refractivity contribution in [2.24, 2.45) is 5.92 Å². The van der Waals surface area contributed by atoms with Gasteiger partial charge in [0.05, 0.1) is 0 Å². The Bertz CT molecular complexity index is 333. The number of nitrogens with one attached hydrogen (secondary N) is 1. The van der Waals surface area contributed by atoms with E-state index in [0.29, 0.717) is 12.5 Å². The summed E-state index contributed by atoms with van der Waals surface area (Å²) in [5.41, 5.74) is 0. The van der Waals surface area contributed by atoms with Crippen LogP contribution >= 0.6 is 11.3 Å². The molecule has 0 radical (unpaired) electrons. The van der Waals surface area contributed by atoms with Crippen LogP contribution in [0, 0.1) is 12.8 Å². The number of aryl methyl sites for hydroxylation is 1. The van der Waals surface area contributed by atoms with E-state index in [1.165, 1.54) is 11.3 Å². The Hall–Kier alpha value is -0.870. The van der Waals surface area contributed by atoms with E-state index in [0.717, 1.165) is 9.75 Å². The van der Waals surface area contributed by atoms with E-state index >= 15 is 0 Å². The highest BCUT2D eigenvalue weighted by atomic mass is 32.1. The summed E-state index contributed by atoms with van der Waals surface area (Å²) in [5.74, 6) is -0.356. The van der Waals surface area contributed by atoms with Crippen molar-refractivity contribution in [3.8, 4) is 0 Å². The molecular formula is C11H17NO2S. The van der Waals surface area contributed by atoms with E-state index in [4.69, 9.17) is 5.11 Å². The first-order valence-corrected chi connectivity index (χ1v) is 5.85. The Morgan fingerprint density at radius 1 is 1.53 bits per heavy atom. The SMILES string of the molecule is Cc1ccc(C(NCC(C)C)C(=O)O)s1. The summed E-state index contributed by atoms with van der Waals surface area (Å²) in [7, 11) is 0. The highest BCUT2D eigenvalue weighted by molar-refractivity contribution is 7.12. The van der Waals surface area contributed by atoms with Crippen LogP contribution in [-0.4, -0.2) is 17.6 Å². The van der Waals surface area contributed by atoms with Crippen LogP contribution in [0.1, 0.15) is 29.6 Å². The Labute approximate surface area is 94.1 Å². The molecule has 0 bridgehead atoms. The number of hydrogen-bond acceptors (Lipinski definition) is 3. The first-order valence-electron chi connectivity index (χ1n) is 5.03. The highest BCUT2D eigenvalue weighted by Crippen LogP contribution is 2.23. The number of carboxylic acids is 1. The lowest BCUT2D eigenvalue weighted by Crippen LogP contribution is -2.30. The summed E-state index contributed by atoms with van der Waals surface area (Å²) >= 11 is 1.53. The van der Waals surface area contributed by atoms with Gasteiger partial charge in [-0.3, -0.25) is 10.1 Å². The zero-order valence-corrected chi connectivity index (χ0v) is 10.1. The second kappa shape index (κ2) is 5.28.